The van der Waals surface area contributed by atoms with Crippen molar-refractivity contribution in [3.8, 4) is 17.2 Å². The van der Waals surface area contributed by atoms with E-state index in [1.165, 1.54) is 0 Å². The second-order valence-electron chi connectivity index (χ2n) is 7.13. The van der Waals surface area contributed by atoms with Gasteiger partial charge in [-0.15, -0.1) is 0 Å². The predicted octanol–water partition coefficient (Wildman–Crippen LogP) is 6.58. The molecule has 0 saturated heterocycles. The normalized spacial score (nSPS) is 10.7. The van der Waals surface area contributed by atoms with Gasteiger partial charge in [0.25, 0.3) is 5.91 Å². The van der Waals surface area contributed by atoms with Gasteiger partial charge in [-0.3, -0.25) is 4.79 Å². The van der Waals surface area contributed by atoms with Crippen molar-refractivity contribution in [2.45, 2.75) is 6.61 Å². The first-order chi connectivity index (χ1) is 16.2. The van der Waals surface area contributed by atoms with Gasteiger partial charge in [0.05, 0.1) is 6.21 Å². The van der Waals surface area contributed by atoms with E-state index < -0.39 is 0 Å². The quantitative estimate of drug-likeness (QED) is 0.219. The Balaban J connectivity index is 1.30. The average molecular weight is 501 g/mol. The van der Waals surface area contributed by atoms with Gasteiger partial charge in [0.2, 0.25) is 0 Å². The zero-order valence-corrected chi connectivity index (χ0v) is 19.2. The molecule has 0 unspecified atom stereocenters. The number of carbonyl (C=O) groups excluding carboxylic acids is 1. The Morgan fingerprint density at radius 3 is 2.36 bits per heavy atom. The van der Waals surface area contributed by atoms with Crippen LogP contribution in [0.15, 0.2) is 113 Å². The zero-order valence-electron chi connectivity index (χ0n) is 17.6. The van der Waals surface area contributed by atoms with Gasteiger partial charge >= 0.3 is 0 Å². The van der Waals surface area contributed by atoms with Gasteiger partial charge in [-0.05, 0) is 71.8 Å². The van der Waals surface area contributed by atoms with Gasteiger partial charge < -0.3 is 9.47 Å². The summed E-state index contributed by atoms with van der Waals surface area (Å²) in [6.45, 7) is 0.447. The lowest BCUT2D eigenvalue weighted by Crippen LogP contribution is -2.17. The standard InChI is InChI=1S/C27H21BrN2O3/c28-23-8-4-7-21(16-23)19-32-24-14-12-22(13-15-24)27(31)30-29-18-20-6-5-11-26(17-20)33-25-9-2-1-3-10-25/h1-18H,19H2,(H,30,31)/b29-18-. The zero-order chi connectivity index (χ0) is 22.9. The van der Waals surface area contributed by atoms with Crippen LogP contribution in [0.5, 0.6) is 17.2 Å². The Kier molecular flexibility index (Phi) is 7.51. The summed E-state index contributed by atoms with van der Waals surface area (Å²) in [7, 11) is 0. The Morgan fingerprint density at radius 1 is 0.818 bits per heavy atom. The summed E-state index contributed by atoms with van der Waals surface area (Å²) in [5.41, 5.74) is 4.89. The fourth-order valence-electron chi connectivity index (χ4n) is 3.01. The lowest BCUT2D eigenvalue weighted by Gasteiger charge is -2.07. The molecule has 0 aliphatic carbocycles. The molecule has 0 saturated carbocycles. The maximum Gasteiger partial charge on any atom is 0.271 e. The van der Waals surface area contributed by atoms with Gasteiger partial charge in [-0.1, -0.05) is 58.4 Å². The monoisotopic (exact) mass is 500 g/mol. The number of hydrazone groups is 1. The van der Waals surface area contributed by atoms with Crippen molar-refractivity contribution < 1.29 is 14.3 Å². The maximum absolute atomic E-state index is 12.4. The minimum atomic E-state index is -0.304. The van der Waals surface area contributed by atoms with Crippen LogP contribution >= 0.6 is 15.9 Å². The molecule has 5 nitrogen and oxygen atoms in total. The van der Waals surface area contributed by atoms with Crippen LogP contribution < -0.4 is 14.9 Å². The first kappa shape index (κ1) is 22.3. The first-order valence-corrected chi connectivity index (χ1v) is 11.1. The lowest BCUT2D eigenvalue weighted by molar-refractivity contribution is 0.0955. The van der Waals surface area contributed by atoms with Crippen LogP contribution in [0.2, 0.25) is 0 Å². The first-order valence-electron chi connectivity index (χ1n) is 10.3. The summed E-state index contributed by atoms with van der Waals surface area (Å²) in [5, 5.41) is 4.06. The van der Waals surface area contributed by atoms with Gasteiger partial charge in [0.15, 0.2) is 0 Å². The molecule has 0 aliphatic rings. The number of hydrogen-bond acceptors (Lipinski definition) is 4. The van der Waals surface area contributed by atoms with Gasteiger partial charge in [0.1, 0.15) is 23.9 Å². The topological polar surface area (TPSA) is 59.9 Å². The van der Waals surface area contributed by atoms with Crippen LogP contribution in [0.1, 0.15) is 21.5 Å². The highest BCUT2D eigenvalue weighted by Crippen LogP contribution is 2.21. The second kappa shape index (κ2) is 11.1. The fraction of sp³-hybridized carbons (Fsp3) is 0.0370. The summed E-state index contributed by atoms with van der Waals surface area (Å²) in [4.78, 5) is 12.4. The number of amides is 1. The fourth-order valence-corrected chi connectivity index (χ4v) is 3.46. The molecule has 0 heterocycles. The number of nitrogens with zero attached hydrogens (tertiary/aromatic N) is 1. The average Bonchev–Trinajstić information content (AvgIpc) is 2.84. The minimum Gasteiger partial charge on any atom is -0.489 e. The molecule has 0 atom stereocenters. The second-order valence-corrected chi connectivity index (χ2v) is 8.05. The summed E-state index contributed by atoms with van der Waals surface area (Å²) in [6, 6.07) is 31.9. The molecule has 33 heavy (non-hydrogen) atoms. The van der Waals surface area contributed by atoms with Crippen LogP contribution in [0.3, 0.4) is 0 Å². The van der Waals surface area contributed by atoms with Crippen LogP contribution in [0, 0.1) is 0 Å². The van der Waals surface area contributed by atoms with E-state index in [0.717, 1.165) is 21.3 Å². The highest BCUT2D eigenvalue weighted by Gasteiger charge is 2.05. The number of nitrogens with one attached hydrogen (secondary N) is 1. The minimum absolute atomic E-state index is 0.304. The molecule has 1 N–H and O–H groups in total. The van der Waals surface area contributed by atoms with E-state index in [-0.39, 0.29) is 5.91 Å². The Labute approximate surface area is 200 Å². The molecule has 4 aromatic carbocycles. The SMILES string of the molecule is O=C(N/N=C\c1cccc(Oc2ccccc2)c1)c1ccc(OCc2cccc(Br)c2)cc1. The van der Waals surface area contributed by atoms with Crippen LogP contribution in [-0.2, 0) is 6.61 Å². The van der Waals surface area contributed by atoms with E-state index in [1.54, 1.807) is 30.5 Å². The van der Waals surface area contributed by atoms with Crippen LogP contribution in [0.4, 0.5) is 0 Å². The largest absolute Gasteiger partial charge is 0.489 e. The molecular formula is C27H21BrN2O3. The molecular weight excluding hydrogens is 480 g/mol. The molecule has 4 aromatic rings. The summed E-state index contributed by atoms with van der Waals surface area (Å²) < 4.78 is 12.6. The highest BCUT2D eigenvalue weighted by molar-refractivity contribution is 9.10. The highest BCUT2D eigenvalue weighted by atomic mass is 79.9. The van der Waals surface area contributed by atoms with Crippen molar-refractivity contribution in [1.29, 1.82) is 0 Å². The predicted molar refractivity (Wildman–Crippen MR) is 133 cm³/mol. The van der Waals surface area contributed by atoms with Crippen molar-refractivity contribution in [1.82, 2.24) is 5.43 Å². The van der Waals surface area contributed by atoms with Gasteiger partial charge in [-0.25, -0.2) is 5.43 Å². The number of halogens is 1. The molecule has 0 fully saturated rings. The van der Waals surface area contributed by atoms with E-state index in [1.807, 2.05) is 78.9 Å². The molecule has 164 valence electrons. The summed E-state index contributed by atoms with van der Waals surface area (Å²) >= 11 is 3.45. The number of ether oxygens (including phenoxy) is 2. The van der Waals surface area contributed by atoms with Gasteiger partial charge in [-0.2, -0.15) is 5.10 Å². The van der Waals surface area contributed by atoms with Crippen molar-refractivity contribution in [3.63, 3.8) is 0 Å². The maximum atomic E-state index is 12.4. The molecule has 0 aromatic heterocycles. The molecule has 0 spiro atoms. The molecule has 4 rings (SSSR count). The Hall–Kier alpha value is -3.90. The number of para-hydroxylation sites is 1. The third-order valence-corrected chi connectivity index (χ3v) is 5.12. The molecule has 0 bridgehead atoms. The van der Waals surface area contributed by atoms with Crippen molar-refractivity contribution in [2.24, 2.45) is 5.10 Å². The van der Waals surface area contributed by atoms with E-state index in [9.17, 15) is 4.79 Å². The number of benzene rings is 4. The third-order valence-electron chi connectivity index (χ3n) is 4.63. The van der Waals surface area contributed by atoms with E-state index in [0.29, 0.717) is 23.7 Å². The number of hydrogen-bond donors (Lipinski definition) is 1. The van der Waals surface area contributed by atoms with Crippen molar-refractivity contribution in [2.75, 3.05) is 0 Å². The van der Waals surface area contributed by atoms with Crippen molar-refractivity contribution >= 4 is 28.1 Å². The van der Waals surface area contributed by atoms with E-state index in [4.69, 9.17) is 9.47 Å². The number of carbonyl (C=O) groups is 1. The molecule has 1 amide bonds. The summed E-state index contributed by atoms with van der Waals surface area (Å²) in [5.74, 6) is 1.82. The lowest BCUT2D eigenvalue weighted by atomic mass is 10.2. The van der Waals surface area contributed by atoms with Crippen molar-refractivity contribution in [3.05, 3.63) is 124 Å². The van der Waals surface area contributed by atoms with E-state index in [2.05, 4.69) is 26.5 Å². The smallest absolute Gasteiger partial charge is 0.271 e. The molecule has 0 radical (unpaired) electrons. The Bertz CT molecular complexity index is 1240. The molecule has 6 heteroatoms. The van der Waals surface area contributed by atoms with Gasteiger partial charge in [0, 0.05) is 10.0 Å². The molecule has 0 aliphatic heterocycles. The summed E-state index contributed by atoms with van der Waals surface area (Å²) in [6.07, 6.45) is 1.57. The van der Waals surface area contributed by atoms with Crippen LogP contribution in [0.25, 0.3) is 0 Å². The Morgan fingerprint density at radius 2 is 1.58 bits per heavy atom. The number of rotatable bonds is 8. The van der Waals surface area contributed by atoms with Crippen LogP contribution in [-0.4, -0.2) is 12.1 Å². The van der Waals surface area contributed by atoms with E-state index >= 15 is 0 Å². The third kappa shape index (κ3) is 6.79.